The average molecular weight is 295 g/mol. The lowest BCUT2D eigenvalue weighted by molar-refractivity contribution is -0.0740. The van der Waals surface area contributed by atoms with Crippen molar-refractivity contribution in [3.05, 3.63) is 11.7 Å². The predicted octanol–water partition coefficient (Wildman–Crippen LogP) is 3.56. The summed E-state index contributed by atoms with van der Waals surface area (Å²) in [4.78, 5) is 4.55. The molecule has 1 aliphatic rings. The van der Waals surface area contributed by atoms with E-state index in [-0.39, 0.29) is 6.04 Å². The van der Waals surface area contributed by atoms with E-state index in [2.05, 4.69) is 37.8 Å². The van der Waals surface area contributed by atoms with Gasteiger partial charge >= 0.3 is 0 Å². The minimum Gasteiger partial charge on any atom is -0.370 e. The first-order valence-corrected chi connectivity index (χ1v) is 7.93. The fourth-order valence-corrected chi connectivity index (χ4v) is 3.03. The van der Waals surface area contributed by atoms with Gasteiger partial charge in [-0.25, -0.2) is 0 Å². The summed E-state index contributed by atoms with van der Waals surface area (Å²) >= 11 is 0. The number of nitrogens with zero attached hydrogens (tertiary/aromatic N) is 2. The molecule has 1 aromatic heterocycles. The van der Waals surface area contributed by atoms with Crippen molar-refractivity contribution in [3.8, 4) is 0 Å². The van der Waals surface area contributed by atoms with Gasteiger partial charge in [0.1, 0.15) is 5.60 Å². The number of hydrogen-bond acceptors (Lipinski definition) is 5. The minimum absolute atomic E-state index is 0.194. The van der Waals surface area contributed by atoms with E-state index in [9.17, 15) is 0 Å². The fraction of sp³-hybridized carbons (Fsp3) is 0.875. The third kappa shape index (κ3) is 3.64. The van der Waals surface area contributed by atoms with E-state index in [4.69, 9.17) is 15.0 Å². The van der Waals surface area contributed by atoms with E-state index < -0.39 is 5.60 Å². The van der Waals surface area contributed by atoms with Crippen molar-refractivity contribution in [2.75, 3.05) is 7.11 Å². The van der Waals surface area contributed by atoms with Crippen molar-refractivity contribution in [1.29, 1.82) is 0 Å². The van der Waals surface area contributed by atoms with Crippen molar-refractivity contribution in [1.82, 2.24) is 10.1 Å². The Bertz CT molecular complexity index is 458. The van der Waals surface area contributed by atoms with Crippen LogP contribution in [-0.2, 0) is 10.3 Å². The zero-order chi connectivity index (χ0) is 15.7. The number of aromatic nitrogens is 2. The molecule has 0 radical (unpaired) electrons. The van der Waals surface area contributed by atoms with Crippen LogP contribution in [0.25, 0.3) is 0 Å². The fourth-order valence-electron chi connectivity index (χ4n) is 3.03. The van der Waals surface area contributed by atoms with Gasteiger partial charge in [-0.1, -0.05) is 32.9 Å². The summed E-state index contributed by atoms with van der Waals surface area (Å²) in [6.07, 6.45) is 4.89. The molecule has 1 aromatic rings. The van der Waals surface area contributed by atoms with Gasteiger partial charge in [0.15, 0.2) is 0 Å². The summed E-state index contributed by atoms with van der Waals surface area (Å²) in [6.45, 7) is 8.87. The van der Waals surface area contributed by atoms with Gasteiger partial charge in [0, 0.05) is 7.11 Å². The average Bonchev–Trinajstić information content (AvgIpc) is 2.89. The van der Waals surface area contributed by atoms with Gasteiger partial charge in [-0.2, -0.15) is 4.98 Å². The summed E-state index contributed by atoms with van der Waals surface area (Å²) < 4.78 is 11.2. The first-order valence-electron chi connectivity index (χ1n) is 7.93. The second kappa shape index (κ2) is 6.05. The van der Waals surface area contributed by atoms with Crippen LogP contribution in [0.5, 0.6) is 0 Å². The molecule has 0 saturated heterocycles. The van der Waals surface area contributed by atoms with Crippen LogP contribution in [0.3, 0.4) is 0 Å². The van der Waals surface area contributed by atoms with Crippen molar-refractivity contribution in [2.45, 2.75) is 71.4 Å². The Labute approximate surface area is 127 Å². The van der Waals surface area contributed by atoms with Gasteiger partial charge in [-0.15, -0.1) is 0 Å². The molecule has 1 aliphatic carbocycles. The Morgan fingerprint density at radius 3 is 2.38 bits per heavy atom. The van der Waals surface area contributed by atoms with Gasteiger partial charge in [0.2, 0.25) is 11.7 Å². The molecule has 0 bridgehead atoms. The van der Waals surface area contributed by atoms with Crippen LogP contribution in [0.1, 0.15) is 77.6 Å². The van der Waals surface area contributed by atoms with Crippen LogP contribution in [0, 0.1) is 11.3 Å². The molecule has 5 heteroatoms. The third-order valence-electron chi connectivity index (χ3n) is 4.69. The van der Waals surface area contributed by atoms with Crippen molar-refractivity contribution < 1.29 is 9.26 Å². The summed E-state index contributed by atoms with van der Waals surface area (Å²) in [5, 5.41) is 4.17. The largest absolute Gasteiger partial charge is 0.370 e. The van der Waals surface area contributed by atoms with Crippen LogP contribution in [0.2, 0.25) is 0 Å². The Balaban J connectivity index is 2.15. The Morgan fingerprint density at radius 1 is 1.24 bits per heavy atom. The highest BCUT2D eigenvalue weighted by molar-refractivity contribution is 5.06. The first kappa shape index (κ1) is 16.4. The van der Waals surface area contributed by atoms with Crippen LogP contribution >= 0.6 is 0 Å². The van der Waals surface area contributed by atoms with E-state index in [0.29, 0.717) is 23.0 Å². The molecule has 120 valence electrons. The Hall–Kier alpha value is -0.940. The smallest absolute Gasteiger partial charge is 0.243 e. The number of nitrogens with two attached hydrogens (primary N) is 1. The van der Waals surface area contributed by atoms with Gasteiger partial charge in [-0.05, 0) is 43.4 Å². The van der Waals surface area contributed by atoms with Crippen LogP contribution in [-0.4, -0.2) is 17.3 Å². The second-order valence-electron chi connectivity index (χ2n) is 7.55. The van der Waals surface area contributed by atoms with E-state index in [0.717, 1.165) is 32.1 Å². The highest BCUT2D eigenvalue weighted by Crippen LogP contribution is 2.46. The molecule has 0 spiro atoms. The molecule has 0 aliphatic heterocycles. The SMILES string of the molecule is COC1(c2noc([C@H](N)CC(C)C)n2)CCC(C)(C)CC1. The lowest BCUT2D eigenvalue weighted by Gasteiger charge is -2.40. The first-order chi connectivity index (χ1) is 9.78. The van der Waals surface area contributed by atoms with Gasteiger partial charge in [0.05, 0.1) is 6.04 Å². The highest BCUT2D eigenvalue weighted by Gasteiger charge is 2.43. The Kier molecular flexibility index (Phi) is 4.73. The zero-order valence-electron chi connectivity index (χ0n) is 14.0. The van der Waals surface area contributed by atoms with Crippen molar-refractivity contribution >= 4 is 0 Å². The predicted molar refractivity (Wildman–Crippen MR) is 81.6 cm³/mol. The number of rotatable bonds is 5. The molecule has 21 heavy (non-hydrogen) atoms. The molecule has 2 rings (SSSR count). The van der Waals surface area contributed by atoms with E-state index >= 15 is 0 Å². The van der Waals surface area contributed by atoms with E-state index in [1.54, 1.807) is 7.11 Å². The minimum atomic E-state index is -0.408. The normalized spacial score (nSPS) is 22.4. The van der Waals surface area contributed by atoms with Gasteiger partial charge in [0.25, 0.3) is 0 Å². The molecular weight excluding hydrogens is 266 g/mol. The van der Waals surface area contributed by atoms with E-state index in [1.807, 2.05) is 0 Å². The summed E-state index contributed by atoms with van der Waals surface area (Å²) in [7, 11) is 1.74. The van der Waals surface area contributed by atoms with Crippen molar-refractivity contribution in [2.24, 2.45) is 17.1 Å². The highest BCUT2D eigenvalue weighted by atomic mass is 16.5. The van der Waals surface area contributed by atoms with Crippen LogP contribution < -0.4 is 5.73 Å². The van der Waals surface area contributed by atoms with Gasteiger partial charge in [-0.3, -0.25) is 0 Å². The van der Waals surface area contributed by atoms with Crippen LogP contribution in [0.15, 0.2) is 4.52 Å². The molecule has 0 aromatic carbocycles. The number of hydrogen-bond donors (Lipinski definition) is 1. The maximum atomic E-state index is 6.13. The second-order valence-corrected chi connectivity index (χ2v) is 7.55. The van der Waals surface area contributed by atoms with Gasteiger partial charge < -0.3 is 15.0 Å². The number of ether oxygens (including phenoxy) is 1. The molecule has 5 nitrogen and oxygen atoms in total. The molecule has 0 amide bonds. The third-order valence-corrected chi connectivity index (χ3v) is 4.69. The molecule has 1 heterocycles. The Morgan fingerprint density at radius 2 is 1.86 bits per heavy atom. The zero-order valence-corrected chi connectivity index (χ0v) is 14.0. The maximum Gasteiger partial charge on any atom is 0.243 e. The summed E-state index contributed by atoms with van der Waals surface area (Å²) in [6, 6.07) is -0.194. The molecule has 1 fully saturated rings. The molecule has 1 saturated carbocycles. The summed E-state index contributed by atoms with van der Waals surface area (Å²) in [5.74, 6) is 1.69. The van der Waals surface area contributed by atoms with E-state index in [1.165, 1.54) is 0 Å². The van der Waals surface area contributed by atoms with Crippen molar-refractivity contribution in [3.63, 3.8) is 0 Å². The quantitative estimate of drug-likeness (QED) is 0.899. The molecule has 1 atom stereocenters. The lowest BCUT2D eigenvalue weighted by Crippen LogP contribution is -2.37. The molecular formula is C16H29N3O2. The molecule has 0 unspecified atom stereocenters. The van der Waals surface area contributed by atoms with Crippen LogP contribution in [0.4, 0.5) is 0 Å². The maximum absolute atomic E-state index is 6.13. The monoisotopic (exact) mass is 295 g/mol. The standard InChI is InChI=1S/C16H29N3O2/c1-11(2)10-12(17)13-18-14(19-21-13)16(20-5)8-6-15(3,4)7-9-16/h11-12H,6-10,17H2,1-5H3/t12-/m1/s1. The topological polar surface area (TPSA) is 74.2 Å². The molecule has 2 N–H and O–H groups in total. The summed E-state index contributed by atoms with van der Waals surface area (Å²) in [5.41, 5.74) is 6.09. The number of methoxy groups -OCH3 is 1. The lowest BCUT2D eigenvalue weighted by atomic mass is 9.70.